The minimum atomic E-state index is -3.66. The molecule has 0 unspecified atom stereocenters. The van der Waals surface area contributed by atoms with Crippen LogP contribution < -0.4 is 9.64 Å². The van der Waals surface area contributed by atoms with E-state index >= 15 is 0 Å². The molecule has 0 aromatic heterocycles. The first-order chi connectivity index (χ1) is 12.3. The lowest BCUT2D eigenvalue weighted by molar-refractivity contribution is 0.374. The summed E-state index contributed by atoms with van der Waals surface area (Å²) in [6.07, 6.45) is 0. The molecule has 0 bridgehead atoms. The zero-order valence-electron chi connectivity index (χ0n) is 14.0. The second-order valence-electron chi connectivity index (χ2n) is 5.78. The topological polar surface area (TPSA) is 49.9 Å². The number of anilines is 1. The van der Waals surface area contributed by atoms with E-state index in [0.29, 0.717) is 46.4 Å². The van der Waals surface area contributed by atoms with Crippen LogP contribution in [0.15, 0.2) is 45.8 Å². The van der Waals surface area contributed by atoms with Crippen LogP contribution in [0.3, 0.4) is 0 Å². The summed E-state index contributed by atoms with van der Waals surface area (Å²) in [4.78, 5) is 2.20. The molecule has 2 aromatic rings. The van der Waals surface area contributed by atoms with Crippen molar-refractivity contribution >= 4 is 54.8 Å². The third-order valence-corrected chi connectivity index (χ3v) is 7.20. The van der Waals surface area contributed by atoms with E-state index in [0.717, 1.165) is 5.69 Å². The highest BCUT2D eigenvalue weighted by atomic mass is 79.9. The number of piperazine rings is 1. The summed E-state index contributed by atoms with van der Waals surface area (Å²) in [5.41, 5.74) is 0.816. The van der Waals surface area contributed by atoms with Crippen molar-refractivity contribution in [1.82, 2.24) is 4.31 Å². The highest BCUT2D eigenvalue weighted by Gasteiger charge is 2.31. The first-order valence-corrected chi connectivity index (χ1v) is 10.9. The quantitative estimate of drug-likeness (QED) is 0.656. The van der Waals surface area contributed by atoms with Gasteiger partial charge in [0.05, 0.1) is 17.8 Å². The van der Waals surface area contributed by atoms with Crippen molar-refractivity contribution in [2.24, 2.45) is 0 Å². The molecular weight excluding hydrogens is 463 g/mol. The van der Waals surface area contributed by atoms with E-state index in [1.165, 1.54) is 11.4 Å². The Labute approximate surface area is 171 Å². The average Bonchev–Trinajstić information content (AvgIpc) is 2.64. The summed E-state index contributed by atoms with van der Waals surface area (Å²) in [5, 5.41) is 1.19. The second kappa shape index (κ2) is 7.94. The molecule has 0 atom stereocenters. The van der Waals surface area contributed by atoms with Gasteiger partial charge in [-0.3, -0.25) is 0 Å². The Morgan fingerprint density at radius 2 is 1.73 bits per heavy atom. The molecule has 0 saturated carbocycles. The standard InChI is InChI=1S/C17H17BrCl2N2O3S/c1-25-16-5-2-12(18)10-17(16)26(23,24)22-8-6-21(7-9-22)15-11-13(19)3-4-14(15)20/h2-5,10-11H,6-9H2,1H3. The minimum absolute atomic E-state index is 0.156. The number of hydrogen-bond acceptors (Lipinski definition) is 4. The van der Waals surface area contributed by atoms with Gasteiger partial charge in [0.25, 0.3) is 0 Å². The Morgan fingerprint density at radius 1 is 1.04 bits per heavy atom. The Morgan fingerprint density at radius 3 is 2.38 bits per heavy atom. The molecule has 1 aliphatic rings. The fourth-order valence-corrected chi connectivity index (χ4v) is 5.41. The SMILES string of the molecule is COc1ccc(Br)cc1S(=O)(=O)N1CCN(c2cc(Cl)ccc2Cl)CC1. The lowest BCUT2D eigenvalue weighted by atomic mass is 10.2. The number of nitrogens with zero attached hydrogens (tertiary/aromatic N) is 2. The van der Waals surface area contributed by atoms with Crippen molar-refractivity contribution in [1.29, 1.82) is 0 Å². The van der Waals surface area contributed by atoms with E-state index in [1.54, 1.807) is 36.4 Å². The number of methoxy groups -OCH3 is 1. The predicted octanol–water partition coefficient (Wildman–Crippen LogP) is 4.28. The molecule has 9 heteroatoms. The molecular formula is C17H17BrCl2N2O3S. The largest absolute Gasteiger partial charge is 0.495 e. The minimum Gasteiger partial charge on any atom is -0.495 e. The van der Waals surface area contributed by atoms with E-state index in [-0.39, 0.29) is 4.90 Å². The van der Waals surface area contributed by atoms with E-state index < -0.39 is 10.0 Å². The number of benzene rings is 2. The molecule has 0 N–H and O–H groups in total. The van der Waals surface area contributed by atoms with Gasteiger partial charge < -0.3 is 9.64 Å². The number of ether oxygens (including phenoxy) is 1. The third-order valence-electron chi connectivity index (χ3n) is 4.23. The Balaban J connectivity index is 1.81. The van der Waals surface area contributed by atoms with Crippen molar-refractivity contribution < 1.29 is 13.2 Å². The van der Waals surface area contributed by atoms with Crippen molar-refractivity contribution in [2.45, 2.75) is 4.90 Å². The maximum atomic E-state index is 13.0. The Hall–Kier alpha value is -0.990. The molecule has 26 heavy (non-hydrogen) atoms. The van der Waals surface area contributed by atoms with E-state index in [2.05, 4.69) is 15.9 Å². The van der Waals surface area contributed by atoms with Gasteiger partial charge in [0.15, 0.2) is 0 Å². The van der Waals surface area contributed by atoms with Crippen LogP contribution in [-0.4, -0.2) is 46.0 Å². The van der Waals surface area contributed by atoms with Gasteiger partial charge >= 0.3 is 0 Å². The zero-order chi connectivity index (χ0) is 18.9. The van der Waals surface area contributed by atoms with E-state index in [9.17, 15) is 8.42 Å². The van der Waals surface area contributed by atoms with Crippen molar-refractivity contribution in [3.8, 4) is 5.75 Å². The van der Waals surface area contributed by atoms with E-state index in [1.807, 2.05) is 4.90 Å². The molecule has 2 aromatic carbocycles. The lowest BCUT2D eigenvalue weighted by Gasteiger charge is -2.36. The van der Waals surface area contributed by atoms with Crippen molar-refractivity contribution in [3.63, 3.8) is 0 Å². The normalized spacial score (nSPS) is 15.9. The summed E-state index contributed by atoms with van der Waals surface area (Å²) in [6, 6.07) is 10.2. The molecule has 1 fully saturated rings. The van der Waals surface area contributed by atoms with Crippen LogP contribution in [0.1, 0.15) is 0 Å². The van der Waals surface area contributed by atoms with Gasteiger partial charge in [0.2, 0.25) is 10.0 Å². The maximum absolute atomic E-state index is 13.0. The summed E-state index contributed by atoms with van der Waals surface area (Å²) in [7, 11) is -2.20. The van der Waals surface area contributed by atoms with E-state index in [4.69, 9.17) is 27.9 Å². The van der Waals surface area contributed by atoms with Crippen molar-refractivity contribution in [3.05, 3.63) is 50.9 Å². The van der Waals surface area contributed by atoms with Crippen LogP contribution in [0, 0.1) is 0 Å². The maximum Gasteiger partial charge on any atom is 0.246 e. The Kier molecular flexibility index (Phi) is 6.04. The third kappa shape index (κ3) is 3.97. The molecule has 3 rings (SSSR count). The molecule has 1 saturated heterocycles. The van der Waals surface area contributed by atoms with Crippen molar-refractivity contribution in [2.75, 3.05) is 38.2 Å². The molecule has 0 amide bonds. The fraction of sp³-hybridized carbons (Fsp3) is 0.294. The van der Waals surface area contributed by atoms with Crippen LogP contribution in [0.5, 0.6) is 5.75 Å². The van der Waals surface area contributed by atoms with Gasteiger partial charge in [-0.05, 0) is 36.4 Å². The number of halogens is 3. The van der Waals surface area contributed by atoms with Crippen LogP contribution in [0.4, 0.5) is 5.69 Å². The molecule has 0 spiro atoms. The molecule has 0 radical (unpaired) electrons. The van der Waals surface area contributed by atoms with Gasteiger partial charge in [-0.15, -0.1) is 0 Å². The Bertz CT molecular complexity index is 916. The van der Waals surface area contributed by atoms with Crippen LogP contribution in [0.25, 0.3) is 0 Å². The number of rotatable bonds is 4. The molecule has 1 aliphatic heterocycles. The summed E-state index contributed by atoms with van der Waals surface area (Å²) < 4.78 is 33.5. The average molecular weight is 480 g/mol. The lowest BCUT2D eigenvalue weighted by Crippen LogP contribution is -2.48. The predicted molar refractivity (Wildman–Crippen MR) is 108 cm³/mol. The molecule has 140 valence electrons. The van der Waals surface area contributed by atoms with Gasteiger partial charge in [0, 0.05) is 35.7 Å². The first-order valence-electron chi connectivity index (χ1n) is 7.86. The molecule has 1 heterocycles. The zero-order valence-corrected chi connectivity index (χ0v) is 17.9. The highest BCUT2D eigenvalue weighted by Crippen LogP contribution is 2.33. The molecule has 0 aliphatic carbocycles. The first kappa shape index (κ1) is 19.8. The second-order valence-corrected chi connectivity index (χ2v) is 9.45. The summed E-state index contributed by atoms with van der Waals surface area (Å²) >= 11 is 15.6. The van der Waals surface area contributed by atoms with Gasteiger partial charge in [-0.2, -0.15) is 4.31 Å². The molecule has 5 nitrogen and oxygen atoms in total. The fourth-order valence-electron chi connectivity index (χ4n) is 2.89. The van der Waals surface area contributed by atoms with Crippen LogP contribution in [0.2, 0.25) is 10.0 Å². The van der Waals surface area contributed by atoms with Gasteiger partial charge in [0.1, 0.15) is 10.6 Å². The van der Waals surface area contributed by atoms with Crippen LogP contribution in [-0.2, 0) is 10.0 Å². The summed E-state index contributed by atoms with van der Waals surface area (Å²) in [6.45, 7) is 1.74. The van der Waals surface area contributed by atoms with Gasteiger partial charge in [-0.1, -0.05) is 39.1 Å². The van der Waals surface area contributed by atoms with Gasteiger partial charge in [-0.25, -0.2) is 8.42 Å². The van der Waals surface area contributed by atoms with Crippen LogP contribution >= 0.6 is 39.1 Å². The number of sulfonamides is 1. The highest BCUT2D eigenvalue weighted by molar-refractivity contribution is 9.10. The summed E-state index contributed by atoms with van der Waals surface area (Å²) in [5.74, 6) is 0.327. The number of hydrogen-bond donors (Lipinski definition) is 0. The smallest absolute Gasteiger partial charge is 0.246 e. The monoisotopic (exact) mass is 478 g/mol.